The number of nitrogens with one attached hydrogen (secondary N) is 1. The highest BCUT2D eigenvalue weighted by Crippen LogP contribution is 2.24. The van der Waals surface area contributed by atoms with Gasteiger partial charge in [0, 0.05) is 18.4 Å². The summed E-state index contributed by atoms with van der Waals surface area (Å²) < 4.78 is 12.9. The molecule has 0 spiro atoms. The molecule has 0 saturated heterocycles. The van der Waals surface area contributed by atoms with Crippen molar-refractivity contribution in [2.45, 2.75) is 34.2 Å². The summed E-state index contributed by atoms with van der Waals surface area (Å²) in [6.07, 6.45) is 5.35. The van der Waals surface area contributed by atoms with E-state index in [4.69, 9.17) is 9.15 Å². The third kappa shape index (κ3) is 5.46. The second-order valence-corrected chi connectivity index (χ2v) is 5.21. The Morgan fingerprint density at radius 3 is 2.64 bits per heavy atom. The Hall–Kier alpha value is -2.60. The number of oxazole rings is 1. The zero-order valence-electron chi connectivity index (χ0n) is 15.3. The van der Waals surface area contributed by atoms with Gasteiger partial charge in [0.15, 0.2) is 5.76 Å². The number of ether oxygens (including phenoxy) is 1. The molecule has 6 nitrogen and oxygen atoms in total. The van der Waals surface area contributed by atoms with Crippen LogP contribution in [0, 0.1) is 6.92 Å². The summed E-state index contributed by atoms with van der Waals surface area (Å²) in [7, 11) is 0. The van der Waals surface area contributed by atoms with Crippen LogP contribution in [0.25, 0.3) is 11.3 Å². The van der Waals surface area contributed by atoms with Gasteiger partial charge in [-0.3, -0.25) is 4.68 Å². The monoisotopic (exact) mass is 342 g/mol. The number of anilines is 2. The maximum absolute atomic E-state index is 5.74. The summed E-state index contributed by atoms with van der Waals surface area (Å²) in [6.45, 7) is 10.1. The lowest BCUT2D eigenvalue weighted by Gasteiger charge is -2.01. The van der Waals surface area contributed by atoms with Crippen LogP contribution in [-0.4, -0.2) is 28.0 Å². The molecule has 0 aliphatic heterocycles. The Labute approximate surface area is 148 Å². The molecular formula is C19H26N4O2. The fraction of sp³-hybridized carbons (Fsp3) is 0.368. The lowest BCUT2D eigenvalue weighted by atomic mass is 10.1. The van der Waals surface area contributed by atoms with Gasteiger partial charge >= 0.3 is 0 Å². The Kier molecular flexibility index (Phi) is 7.22. The van der Waals surface area contributed by atoms with Crippen molar-refractivity contribution in [1.29, 1.82) is 0 Å². The lowest BCUT2D eigenvalue weighted by molar-refractivity contribution is 0.136. The minimum Gasteiger partial charge on any atom is -0.423 e. The van der Waals surface area contributed by atoms with Crippen LogP contribution < -0.4 is 5.32 Å². The van der Waals surface area contributed by atoms with Gasteiger partial charge in [0.25, 0.3) is 6.01 Å². The van der Waals surface area contributed by atoms with Gasteiger partial charge in [-0.1, -0.05) is 43.7 Å². The molecule has 0 amide bonds. The van der Waals surface area contributed by atoms with Crippen LogP contribution in [0.3, 0.4) is 0 Å². The van der Waals surface area contributed by atoms with Crippen molar-refractivity contribution in [3.8, 4) is 11.3 Å². The zero-order valence-corrected chi connectivity index (χ0v) is 15.3. The summed E-state index contributed by atoms with van der Waals surface area (Å²) in [6, 6.07) is 8.59. The molecule has 1 N–H and O–H groups in total. The van der Waals surface area contributed by atoms with E-state index in [0.29, 0.717) is 19.2 Å². The van der Waals surface area contributed by atoms with E-state index in [1.54, 1.807) is 12.4 Å². The van der Waals surface area contributed by atoms with Crippen molar-refractivity contribution in [1.82, 2.24) is 14.8 Å². The second kappa shape index (κ2) is 9.64. The summed E-state index contributed by atoms with van der Waals surface area (Å²) in [5.41, 5.74) is 3.05. The van der Waals surface area contributed by atoms with Crippen molar-refractivity contribution >= 4 is 11.7 Å². The Morgan fingerprint density at radius 1 is 1.16 bits per heavy atom. The van der Waals surface area contributed by atoms with Gasteiger partial charge in [0.1, 0.15) is 0 Å². The first-order chi connectivity index (χ1) is 12.2. The van der Waals surface area contributed by atoms with Crippen LogP contribution >= 0.6 is 0 Å². The molecular weight excluding hydrogens is 316 g/mol. The lowest BCUT2D eigenvalue weighted by Crippen LogP contribution is -2.05. The molecule has 6 heteroatoms. The molecule has 2 aromatic heterocycles. The molecule has 25 heavy (non-hydrogen) atoms. The molecule has 3 aromatic rings. The van der Waals surface area contributed by atoms with E-state index in [1.807, 2.05) is 55.9 Å². The van der Waals surface area contributed by atoms with Crippen molar-refractivity contribution in [3.63, 3.8) is 0 Å². The third-order valence-corrected chi connectivity index (χ3v) is 3.40. The first-order valence-corrected chi connectivity index (χ1v) is 8.64. The van der Waals surface area contributed by atoms with Gasteiger partial charge in [-0.15, -0.1) is 0 Å². The van der Waals surface area contributed by atoms with Crippen molar-refractivity contribution in [2.75, 3.05) is 18.5 Å². The predicted molar refractivity (Wildman–Crippen MR) is 100 cm³/mol. The number of aromatic nitrogens is 3. The van der Waals surface area contributed by atoms with Crippen LogP contribution in [0.4, 0.5) is 11.7 Å². The van der Waals surface area contributed by atoms with E-state index < -0.39 is 0 Å². The Balaban J connectivity index is 0.00000109. The van der Waals surface area contributed by atoms with Gasteiger partial charge in [-0.05, 0) is 13.8 Å². The first kappa shape index (κ1) is 18.7. The number of hydrogen-bond acceptors (Lipinski definition) is 5. The number of hydrogen-bond donors (Lipinski definition) is 1. The maximum Gasteiger partial charge on any atom is 0.299 e. The van der Waals surface area contributed by atoms with Crippen molar-refractivity contribution in [3.05, 3.63) is 48.4 Å². The average Bonchev–Trinajstić information content (AvgIpc) is 3.28. The quantitative estimate of drug-likeness (QED) is 0.633. The van der Waals surface area contributed by atoms with E-state index >= 15 is 0 Å². The molecule has 3 rings (SSSR count). The fourth-order valence-electron chi connectivity index (χ4n) is 2.16. The molecule has 0 aliphatic carbocycles. The van der Waals surface area contributed by atoms with Gasteiger partial charge in [-0.2, -0.15) is 5.10 Å². The van der Waals surface area contributed by atoms with Gasteiger partial charge < -0.3 is 14.5 Å². The van der Waals surface area contributed by atoms with Crippen LogP contribution in [0.1, 0.15) is 26.3 Å². The second-order valence-electron chi connectivity index (χ2n) is 5.21. The normalized spacial score (nSPS) is 10.2. The summed E-state index contributed by atoms with van der Waals surface area (Å²) >= 11 is 0. The molecule has 0 bridgehead atoms. The van der Waals surface area contributed by atoms with E-state index in [9.17, 15) is 0 Å². The highest BCUT2D eigenvalue weighted by atomic mass is 16.5. The van der Waals surface area contributed by atoms with Crippen molar-refractivity contribution in [2.24, 2.45) is 0 Å². The van der Waals surface area contributed by atoms with E-state index in [-0.39, 0.29) is 0 Å². The number of benzene rings is 1. The molecule has 0 aliphatic rings. The minimum atomic E-state index is 0.449. The molecule has 0 unspecified atom stereocenters. The molecule has 134 valence electrons. The zero-order chi connectivity index (χ0) is 18.1. The summed E-state index contributed by atoms with van der Waals surface area (Å²) in [5.74, 6) is 0.733. The number of nitrogens with zero attached hydrogens (tertiary/aromatic N) is 3. The standard InChI is InChI=1S/C17H20N4O2.C2H6/c1-3-22-9-8-21-12-15(10-19-21)20-17-18-11-16(23-17)14-6-4-13(2)5-7-14;1-2/h4-7,10-12H,3,8-9H2,1-2H3,(H,18,20);1-2H3. The largest absolute Gasteiger partial charge is 0.423 e. The molecule has 1 aromatic carbocycles. The van der Waals surface area contributed by atoms with Gasteiger partial charge in [-0.25, -0.2) is 4.98 Å². The Bertz CT molecular complexity index is 747. The van der Waals surface area contributed by atoms with Crippen LogP contribution in [0.15, 0.2) is 47.3 Å². The molecule has 0 atom stereocenters. The van der Waals surface area contributed by atoms with E-state index in [2.05, 4.69) is 22.3 Å². The Morgan fingerprint density at radius 2 is 1.92 bits per heavy atom. The molecule has 0 radical (unpaired) electrons. The van der Waals surface area contributed by atoms with Gasteiger partial charge in [0.05, 0.1) is 31.2 Å². The molecule has 0 saturated carbocycles. The average molecular weight is 342 g/mol. The first-order valence-electron chi connectivity index (χ1n) is 8.64. The molecule has 0 fully saturated rings. The van der Waals surface area contributed by atoms with Crippen LogP contribution in [0.2, 0.25) is 0 Å². The highest BCUT2D eigenvalue weighted by molar-refractivity contribution is 5.59. The van der Waals surface area contributed by atoms with Crippen LogP contribution in [0.5, 0.6) is 0 Å². The maximum atomic E-state index is 5.74. The summed E-state index contributed by atoms with van der Waals surface area (Å²) in [4.78, 5) is 4.26. The highest BCUT2D eigenvalue weighted by Gasteiger charge is 2.07. The van der Waals surface area contributed by atoms with E-state index in [0.717, 1.165) is 23.6 Å². The minimum absolute atomic E-state index is 0.449. The van der Waals surface area contributed by atoms with Crippen molar-refractivity contribution < 1.29 is 9.15 Å². The van der Waals surface area contributed by atoms with Crippen LogP contribution in [-0.2, 0) is 11.3 Å². The smallest absolute Gasteiger partial charge is 0.299 e. The molecule has 2 heterocycles. The predicted octanol–water partition coefficient (Wildman–Crippen LogP) is 4.65. The fourth-order valence-corrected chi connectivity index (χ4v) is 2.16. The van der Waals surface area contributed by atoms with Gasteiger partial charge in [0.2, 0.25) is 0 Å². The number of aryl methyl sites for hydroxylation is 1. The third-order valence-electron chi connectivity index (χ3n) is 3.40. The topological polar surface area (TPSA) is 65.1 Å². The van der Waals surface area contributed by atoms with E-state index in [1.165, 1.54) is 5.56 Å². The SMILES string of the molecule is CC.CCOCCn1cc(Nc2ncc(-c3ccc(C)cc3)o2)cn1. The number of rotatable bonds is 7. The summed E-state index contributed by atoms with van der Waals surface area (Å²) in [5, 5.41) is 7.38.